The fourth-order valence-electron chi connectivity index (χ4n) is 4.06. The van der Waals surface area contributed by atoms with Gasteiger partial charge in [-0.2, -0.15) is 0 Å². The second-order valence-electron chi connectivity index (χ2n) is 9.16. The van der Waals surface area contributed by atoms with Crippen molar-refractivity contribution in [1.29, 1.82) is 0 Å². The van der Waals surface area contributed by atoms with Gasteiger partial charge in [-0.05, 0) is 83.8 Å². The molecule has 184 valence electrons. The van der Waals surface area contributed by atoms with E-state index in [2.05, 4.69) is 22.4 Å². The summed E-state index contributed by atoms with van der Waals surface area (Å²) in [5.41, 5.74) is 5.10. The lowest BCUT2D eigenvalue weighted by Gasteiger charge is -2.12. The van der Waals surface area contributed by atoms with Crippen molar-refractivity contribution in [3.05, 3.63) is 110 Å². The standard InChI is InChI=1S/C28H27N3O5/c1-18-13-23(26(32)29-15-19-5-6-19)9-12-25(18)22-4-2-3-21(14-22)17-35-24-10-7-20(8-11-24)16-31-27(33)30-28(34)36-31/h2-4,7-14,19H,5-6,15-17H2,1H3,(H,29,32)(H,30,33,34). The summed E-state index contributed by atoms with van der Waals surface area (Å²) in [6.45, 7) is 3.32. The lowest BCUT2D eigenvalue weighted by molar-refractivity contribution is 0.0951. The molecule has 0 bridgehead atoms. The Hall–Kier alpha value is -4.33. The minimum Gasteiger partial charge on any atom is -0.489 e. The van der Waals surface area contributed by atoms with Gasteiger partial charge in [0.1, 0.15) is 12.4 Å². The van der Waals surface area contributed by atoms with Gasteiger partial charge >= 0.3 is 11.4 Å². The van der Waals surface area contributed by atoms with Gasteiger partial charge in [-0.1, -0.05) is 36.4 Å². The number of H-pyrrole nitrogens is 1. The highest BCUT2D eigenvalue weighted by Crippen LogP contribution is 2.28. The molecule has 2 N–H and O–H groups in total. The summed E-state index contributed by atoms with van der Waals surface area (Å²) >= 11 is 0. The zero-order chi connectivity index (χ0) is 25.1. The largest absolute Gasteiger partial charge is 0.489 e. The number of hydrogen-bond donors (Lipinski definition) is 2. The molecule has 1 saturated carbocycles. The number of aromatic nitrogens is 2. The molecule has 1 fully saturated rings. The van der Waals surface area contributed by atoms with Gasteiger partial charge < -0.3 is 14.6 Å². The molecule has 1 amide bonds. The Balaban J connectivity index is 1.21. The van der Waals surface area contributed by atoms with Crippen molar-refractivity contribution in [2.45, 2.75) is 32.9 Å². The average Bonchev–Trinajstić information content (AvgIpc) is 3.65. The van der Waals surface area contributed by atoms with Crippen molar-refractivity contribution in [3.8, 4) is 16.9 Å². The van der Waals surface area contributed by atoms with E-state index in [1.54, 1.807) is 0 Å². The fraction of sp³-hybridized carbons (Fsp3) is 0.250. The molecular weight excluding hydrogens is 458 g/mol. The number of nitrogens with one attached hydrogen (secondary N) is 2. The number of carbonyl (C=O) groups is 1. The molecule has 8 heteroatoms. The molecule has 0 saturated heterocycles. The Morgan fingerprint density at radius 3 is 2.56 bits per heavy atom. The molecule has 0 spiro atoms. The summed E-state index contributed by atoms with van der Waals surface area (Å²) in [6, 6.07) is 21.2. The third-order valence-corrected chi connectivity index (χ3v) is 6.26. The number of carbonyl (C=O) groups excluding carboxylic acids is 1. The Morgan fingerprint density at radius 2 is 1.86 bits per heavy atom. The first kappa shape index (κ1) is 23.4. The number of hydrogen-bond acceptors (Lipinski definition) is 5. The molecule has 4 aromatic rings. The Labute approximate surface area is 207 Å². The fourth-order valence-corrected chi connectivity index (χ4v) is 4.06. The van der Waals surface area contributed by atoms with E-state index in [0.29, 0.717) is 23.8 Å². The number of amides is 1. The first-order valence-electron chi connectivity index (χ1n) is 11.9. The van der Waals surface area contributed by atoms with E-state index >= 15 is 0 Å². The quantitative estimate of drug-likeness (QED) is 0.374. The first-order chi connectivity index (χ1) is 17.4. The molecule has 0 unspecified atom stereocenters. The van der Waals surface area contributed by atoms with Gasteiger partial charge in [-0.15, -0.1) is 4.74 Å². The minimum atomic E-state index is -0.775. The van der Waals surface area contributed by atoms with Gasteiger partial charge in [0.2, 0.25) is 0 Å². The monoisotopic (exact) mass is 485 g/mol. The molecule has 0 atom stereocenters. The lowest BCUT2D eigenvalue weighted by atomic mass is 9.97. The van der Waals surface area contributed by atoms with E-state index in [1.807, 2.05) is 61.5 Å². The van der Waals surface area contributed by atoms with Crippen LogP contribution in [0.5, 0.6) is 5.75 Å². The van der Waals surface area contributed by atoms with E-state index in [9.17, 15) is 14.4 Å². The summed E-state index contributed by atoms with van der Waals surface area (Å²) in [6.07, 6.45) is 2.42. The van der Waals surface area contributed by atoms with Crippen molar-refractivity contribution in [3.63, 3.8) is 0 Å². The van der Waals surface area contributed by atoms with Gasteiger partial charge in [0, 0.05) is 12.1 Å². The van der Waals surface area contributed by atoms with Crippen molar-refractivity contribution < 1.29 is 14.1 Å². The molecule has 1 aliphatic carbocycles. The van der Waals surface area contributed by atoms with Crippen molar-refractivity contribution >= 4 is 5.91 Å². The third-order valence-electron chi connectivity index (χ3n) is 6.26. The molecular formula is C28H27N3O5. The van der Waals surface area contributed by atoms with E-state index in [-0.39, 0.29) is 12.5 Å². The third kappa shape index (κ3) is 5.66. The van der Waals surface area contributed by atoms with E-state index in [1.165, 1.54) is 12.8 Å². The van der Waals surface area contributed by atoms with Gasteiger partial charge in [0.05, 0.1) is 6.54 Å². The second-order valence-corrected chi connectivity index (χ2v) is 9.16. The predicted octanol–water partition coefficient (Wildman–Crippen LogP) is 3.87. The van der Waals surface area contributed by atoms with Crippen LogP contribution >= 0.6 is 0 Å². The first-order valence-corrected chi connectivity index (χ1v) is 11.9. The number of aromatic amines is 1. The van der Waals surface area contributed by atoms with Crippen LogP contribution in [0.2, 0.25) is 0 Å². The molecule has 0 radical (unpaired) electrons. The Morgan fingerprint density at radius 1 is 1.06 bits per heavy atom. The average molecular weight is 486 g/mol. The van der Waals surface area contributed by atoms with Crippen LogP contribution in [0.15, 0.2) is 80.8 Å². The van der Waals surface area contributed by atoms with Crippen LogP contribution in [-0.4, -0.2) is 22.2 Å². The zero-order valence-electron chi connectivity index (χ0n) is 20.0. The topological polar surface area (TPSA) is 106 Å². The van der Waals surface area contributed by atoms with Crippen LogP contribution < -0.4 is 21.5 Å². The highest BCUT2D eigenvalue weighted by Gasteiger charge is 2.22. The van der Waals surface area contributed by atoms with Crippen molar-refractivity contribution in [2.24, 2.45) is 5.92 Å². The molecule has 1 aromatic heterocycles. The molecule has 1 aliphatic rings. The Kier molecular flexibility index (Phi) is 6.58. The maximum atomic E-state index is 12.4. The SMILES string of the molecule is Cc1cc(C(=O)NCC2CC2)ccc1-c1cccc(COc2ccc(Cn3oc(=O)[nH]c3=O)cc2)c1. The van der Waals surface area contributed by atoms with Crippen LogP contribution in [-0.2, 0) is 13.2 Å². The lowest BCUT2D eigenvalue weighted by Crippen LogP contribution is -2.25. The molecule has 5 rings (SSSR count). The Bertz CT molecular complexity index is 1490. The maximum absolute atomic E-state index is 12.4. The van der Waals surface area contributed by atoms with Crippen LogP contribution in [0.4, 0.5) is 0 Å². The number of rotatable bonds is 9. The number of benzene rings is 3. The predicted molar refractivity (Wildman–Crippen MR) is 135 cm³/mol. The van der Waals surface area contributed by atoms with E-state index in [4.69, 9.17) is 9.26 Å². The number of aryl methyl sites for hydroxylation is 1. The van der Waals surface area contributed by atoms with E-state index < -0.39 is 11.4 Å². The smallest absolute Gasteiger partial charge is 0.440 e. The molecule has 1 heterocycles. The maximum Gasteiger partial charge on any atom is 0.440 e. The van der Waals surface area contributed by atoms with Crippen LogP contribution in [0.3, 0.4) is 0 Å². The van der Waals surface area contributed by atoms with Crippen LogP contribution in [0.1, 0.15) is 39.9 Å². The van der Waals surface area contributed by atoms with E-state index in [0.717, 1.165) is 39.1 Å². The van der Waals surface area contributed by atoms with Crippen molar-refractivity contribution in [1.82, 2.24) is 15.0 Å². The summed E-state index contributed by atoms with van der Waals surface area (Å²) in [5, 5.41) is 3.02. The molecule has 8 nitrogen and oxygen atoms in total. The summed E-state index contributed by atoms with van der Waals surface area (Å²) < 4.78 is 11.7. The number of ether oxygens (including phenoxy) is 1. The summed E-state index contributed by atoms with van der Waals surface area (Å²) in [5.74, 6) is 0.541. The zero-order valence-corrected chi connectivity index (χ0v) is 20.0. The van der Waals surface area contributed by atoms with Crippen molar-refractivity contribution in [2.75, 3.05) is 6.54 Å². The second kappa shape index (κ2) is 10.1. The van der Waals surface area contributed by atoms with Gasteiger partial charge in [-0.3, -0.25) is 4.79 Å². The van der Waals surface area contributed by atoms with Gasteiger partial charge in [-0.25, -0.2) is 14.6 Å². The normalized spacial score (nSPS) is 12.9. The molecule has 36 heavy (non-hydrogen) atoms. The summed E-state index contributed by atoms with van der Waals surface area (Å²) in [7, 11) is 0. The van der Waals surface area contributed by atoms with Gasteiger partial charge in [0.15, 0.2) is 0 Å². The van der Waals surface area contributed by atoms with Gasteiger partial charge in [0.25, 0.3) is 5.91 Å². The molecule has 0 aliphatic heterocycles. The minimum absolute atomic E-state index is 0.0190. The number of nitrogens with zero attached hydrogens (tertiary/aromatic N) is 1. The highest BCUT2D eigenvalue weighted by atomic mass is 16.5. The highest BCUT2D eigenvalue weighted by molar-refractivity contribution is 5.95. The van der Waals surface area contributed by atoms with Crippen LogP contribution in [0.25, 0.3) is 11.1 Å². The molecule has 3 aromatic carbocycles. The summed E-state index contributed by atoms with van der Waals surface area (Å²) in [4.78, 5) is 37.2. The van der Waals surface area contributed by atoms with Crippen LogP contribution in [0, 0.1) is 12.8 Å².